The van der Waals surface area contributed by atoms with Crippen LogP contribution in [0, 0.1) is 17.8 Å². The maximum absolute atomic E-state index is 6.92. The van der Waals surface area contributed by atoms with Gasteiger partial charge in [0.15, 0.2) is 0 Å². The standard InChI is InChI=1S/C46H44N4O/c1-49-45(32-17-9-4-10-18-32)47-44(31-15-7-3-8-16-31)48-46(49)34-22-25-38-39-29-35(23-26-42(39)51-43(38)28-34)50-40-20-12-11-19-36(40)37-24-21-33(27-41(37)50)30-13-5-2-6-14-30/h2-7,9-13,17-22,24-25,27-31,38-39,42-43,46H,8,14-16,23,26H2,1H3. The summed E-state index contributed by atoms with van der Waals surface area (Å²) in [6.07, 6.45) is 29.6. The summed E-state index contributed by atoms with van der Waals surface area (Å²) in [6.45, 7) is 0. The van der Waals surface area contributed by atoms with Crippen LogP contribution in [0.3, 0.4) is 0 Å². The molecule has 51 heavy (non-hydrogen) atoms. The van der Waals surface area contributed by atoms with Crippen LogP contribution in [0.25, 0.3) is 27.5 Å². The predicted octanol–water partition coefficient (Wildman–Crippen LogP) is 10.00. The normalized spacial score (nSPS) is 29.8. The van der Waals surface area contributed by atoms with Gasteiger partial charge in [0, 0.05) is 52.8 Å². The van der Waals surface area contributed by atoms with E-state index in [9.17, 15) is 0 Å². The fourth-order valence-corrected chi connectivity index (χ4v) is 9.42. The van der Waals surface area contributed by atoms with Crippen LogP contribution in [0.1, 0.15) is 55.6 Å². The molecular weight excluding hydrogens is 625 g/mol. The molecule has 0 N–H and O–H groups in total. The third-order valence-corrected chi connectivity index (χ3v) is 12.1. The first kappa shape index (κ1) is 30.8. The van der Waals surface area contributed by atoms with Crippen LogP contribution >= 0.6 is 0 Å². The molecular formula is C46H44N4O. The van der Waals surface area contributed by atoms with Gasteiger partial charge in [0.2, 0.25) is 0 Å². The molecule has 0 bridgehead atoms. The van der Waals surface area contributed by atoms with Crippen LogP contribution in [0.15, 0.2) is 149 Å². The van der Waals surface area contributed by atoms with Crippen LogP contribution in [0.5, 0.6) is 0 Å². The van der Waals surface area contributed by atoms with Crippen molar-refractivity contribution in [1.82, 2.24) is 9.47 Å². The van der Waals surface area contributed by atoms with Gasteiger partial charge >= 0.3 is 0 Å². The second kappa shape index (κ2) is 12.6. The van der Waals surface area contributed by atoms with Crippen molar-refractivity contribution in [2.75, 3.05) is 7.05 Å². The Morgan fingerprint density at radius 2 is 1.67 bits per heavy atom. The number of aromatic nitrogens is 1. The molecule has 4 aliphatic carbocycles. The number of nitrogens with zero attached hydrogens (tertiary/aromatic N) is 4. The average molecular weight is 669 g/mol. The minimum atomic E-state index is -0.130. The molecule has 6 aliphatic rings. The molecule has 5 nitrogen and oxygen atoms in total. The Balaban J connectivity index is 0.981. The lowest BCUT2D eigenvalue weighted by Crippen LogP contribution is -2.43. The number of likely N-dealkylation sites (N-methyl/N-ethyl adjacent to an activating group) is 1. The molecule has 2 aliphatic heterocycles. The van der Waals surface area contributed by atoms with Crippen molar-refractivity contribution in [2.24, 2.45) is 27.7 Å². The first-order chi connectivity index (χ1) is 25.2. The van der Waals surface area contributed by atoms with E-state index in [-0.39, 0.29) is 18.4 Å². The quantitative estimate of drug-likeness (QED) is 0.199. The summed E-state index contributed by atoms with van der Waals surface area (Å²) in [6, 6.07) is 26.6. The summed E-state index contributed by atoms with van der Waals surface area (Å²) in [5.74, 6) is 3.39. The molecule has 0 saturated carbocycles. The fraction of sp³-hybridized carbons (Fsp3) is 0.304. The Morgan fingerprint density at radius 3 is 2.53 bits per heavy atom. The van der Waals surface area contributed by atoms with E-state index in [1.165, 1.54) is 38.6 Å². The summed E-state index contributed by atoms with van der Waals surface area (Å²) in [5, 5.41) is 2.66. The van der Waals surface area contributed by atoms with Gasteiger partial charge in [-0.05, 0) is 67.9 Å². The van der Waals surface area contributed by atoms with Gasteiger partial charge in [-0.1, -0.05) is 115 Å². The highest BCUT2D eigenvalue weighted by Gasteiger charge is 2.45. The van der Waals surface area contributed by atoms with Crippen LogP contribution in [0.2, 0.25) is 0 Å². The highest BCUT2D eigenvalue weighted by Crippen LogP contribution is 2.47. The molecule has 0 radical (unpaired) electrons. The molecule has 3 heterocycles. The van der Waals surface area contributed by atoms with E-state index in [1.54, 1.807) is 0 Å². The van der Waals surface area contributed by atoms with Crippen molar-refractivity contribution in [2.45, 2.75) is 62.8 Å². The number of ether oxygens (including phenoxy) is 1. The molecule has 1 saturated heterocycles. The molecule has 1 aromatic heterocycles. The highest BCUT2D eigenvalue weighted by molar-refractivity contribution is 6.10. The van der Waals surface area contributed by atoms with Gasteiger partial charge in [-0.3, -0.25) is 0 Å². The van der Waals surface area contributed by atoms with E-state index < -0.39 is 0 Å². The molecule has 5 heteroatoms. The van der Waals surface area contributed by atoms with Crippen molar-refractivity contribution in [3.8, 4) is 0 Å². The lowest BCUT2D eigenvalue weighted by molar-refractivity contribution is 0.0526. The van der Waals surface area contributed by atoms with Crippen molar-refractivity contribution in [3.05, 3.63) is 150 Å². The van der Waals surface area contributed by atoms with Gasteiger partial charge in [-0.2, -0.15) is 0 Å². The second-order valence-electron chi connectivity index (χ2n) is 15.1. The molecule has 3 aromatic carbocycles. The predicted molar refractivity (Wildman–Crippen MR) is 210 cm³/mol. The molecule has 10 rings (SSSR count). The average Bonchev–Trinajstić information content (AvgIpc) is 3.73. The molecule has 7 atom stereocenters. The van der Waals surface area contributed by atoms with Gasteiger partial charge in [0.05, 0.1) is 23.2 Å². The SMILES string of the molecule is CN1C(c2ccccc2)=NC(C2CC=CCC2)=NC1C1=CC2OC3CCC(n4c5ccccc5c5ccc(C6C=CC=CC6)cc54)=CC3C2C=C1. The third-order valence-electron chi connectivity index (χ3n) is 12.1. The van der Waals surface area contributed by atoms with E-state index in [0.717, 1.165) is 55.8 Å². The number of allylic oxidation sites excluding steroid dienone is 7. The van der Waals surface area contributed by atoms with Gasteiger partial charge in [-0.15, -0.1) is 0 Å². The summed E-state index contributed by atoms with van der Waals surface area (Å²) < 4.78 is 9.48. The maximum Gasteiger partial charge on any atom is 0.149 e. The number of amidine groups is 2. The largest absolute Gasteiger partial charge is 0.370 e. The Hall–Kier alpha value is -5.00. The summed E-state index contributed by atoms with van der Waals surface area (Å²) in [4.78, 5) is 12.8. The van der Waals surface area contributed by atoms with Gasteiger partial charge < -0.3 is 14.2 Å². The molecule has 4 aromatic rings. The molecule has 1 fully saturated rings. The van der Waals surface area contributed by atoms with Gasteiger partial charge in [-0.25, -0.2) is 9.98 Å². The Morgan fingerprint density at radius 1 is 0.784 bits per heavy atom. The number of fused-ring (bicyclic) bond motifs is 6. The number of hydrogen-bond donors (Lipinski definition) is 0. The topological polar surface area (TPSA) is 42.1 Å². The van der Waals surface area contributed by atoms with Gasteiger partial charge in [0.25, 0.3) is 0 Å². The summed E-state index contributed by atoms with van der Waals surface area (Å²) in [5.41, 5.74) is 7.73. The summed E-state index contributed by atoms with van der Waals surface area (Å²) >= 11 is 0. The Kier molecular flexibility index (Phi) is 7.64. The maximum atomic E-state index is 6.92. The monoisotopic (exact) mass is 668 g/mol. The zero-order chi connectivity index (χ0) is 33.9. The Bertz CT molecular complexity index is 2260. The van der Waals surface area contributed by atoms with E-state index in [0.29, 0.717) is 23.7 Å². The fourth-order valence-electron chi connectivity index (χ4n) is 9.42. The molecule has 0 amide bonds. The first-order valence-electron chi connectivity index (χ1n) is 18.9. The van der Waals surface area contributed by atoms with E-state index in [1.807, 2.05) is 0 Å². The van der Waals surface area contributed by atoms with E-state index in [2.05, 4.69) is 150 Å². The zero-order valence-corrected chi connectivity index (χ0v) is 29.2. The van der Waals surface area contributed by atoms with Crippen molar-refractivity contribution in [1.29, 1.82) is 0 Å². The number of benzene rings is 3. The number of para-hydroxylation sites is 1. The van der Waals surface area contributed by atoms with E-state index >= 15 is 0 Å². The number of hydrogen-bond acceptors (Lipinski definition) is 4. The lowest BCUT2D eigenvalue weighted by Gasteiger charge is -2.36. The van der Waals surface area contributed by atoms with Crippen molar-refractivity contribution in [3.63, 3.8) is 0 Å². The zero-order valence-electron chi connectivity index (χ0n) is 29.2. The van der Waals surface area contributed by atoms with Crippen LogP contribution in [0.4, 0.5) is 0 Å². The molecule has 254 valence electrons. The van der Waals surface area contributed by atoms with E-state index in [4.69, 9.17) is 14.7 Å². The van der Waals surface area contributed by atoms with Gasteiger partial charge in [0.1, 0.15) is 17.8 Å². The van der Waals surface area contributed by atoms with Crippen molar-refractivity contribution >= 4 is 39.2 Å². The number of rotatable bonds is 5. The Labute approximate surface area is 300 Å². The van der Waals surface area contributed by atoms with Crippen LogP contribution < -0.4 is 0 Å². The lowest BCUT2D eigenvalue weighted by atomic mass is 9.79. The van der Waals surface area contributed by atoms with Crippen molar-refractivity contribution < 1.29 is 4.74 Å². The second-order valence-corrected chi connectivity index (χ2v) is 15.1. The highest BCUT2D eigenvalue weighted by atomic mass is 16.5. The first-order valence-corrected chi connectivity index (χ1v) is 18.9. The smallest absolute Gasteiger partial charge is 0.149 e. The molecule has 7 unspecified atom stereocenters. The minimum absolute atomic E-state index is 0.0372. The minimum Gasteiger partial charge on any atom is -0.370 e. The summed E-state index contributed by atoms with van der Waals surface area (Å²) in [7, 11) is 2.14. The van der Waals surface area contributed by atoms with Crippen LogP contribution in [-0.2, 0) is 4.74 Å². The third kappa shape index (κ3) is 5.33. The molecule has 0 spiro atoms. The van der Waals surface area contributed by atoms with Crippen LogP contribution in [-0.4, -0.2) is 46.6 Å². The number of aliphatic imine (C=N–C) groups is 2.